The van der Waals surface area contributed by atoms with Crippen molar-refractivity contribution in [2.75, 3.05) is 18.1 Å². The molecule has 254 valence electrons. The van der Waals surface area contributed by atoms with Crippen molar-refractivity contribution in [1.29, 1.82) is 0 Å². The molecule has 0 aliphatic heterocycles. The van der Waals surface area contributed by atoms with Crippen LogP contribution in [0.5, 0.6) is 0 Å². The van der Waals surface area contributed by atoms with Crippen LogP contribution in [-0.2, 0) is 16.3 Å². The highest BCUT2D eigenvalue weighted by atomic mass is 32.1. The smallest absolute Gasteiger partial charge is 0.355 e. The van der Waals surface area contributed by atoms with Crippen LogP contribution in [0.2, 0.25) is 43.8 Å². The Labute approximate surface area is 287 Å². The number of unbranched alkanes of at least 4 members (excludes halogenated alkanes) is 1. The van der Waals surface area contributed by atoms with Gasteiger partial charge in [-0.1, -0.05) is 77.0 Å². The van der Waals surface area contributed by atoms with Crippen LogP contribution in [0.4, 0.5) is 16.8 Å². The molecule has 0 fully saturated rings. The molecule has 0 saturated heterocycles. The molecule has 0 radical (unpaired) electrons. The van der Waals surface area contributed by atoms with Crippen molar-refractivity contribution in [3.63, 3.8) is 0 Å². The highest BCUT2D eigenvalue weighted by Gasteiger charge is 2.41. The van der Waals surface area contributed by atoms with Gasteiger partial charge in [0, 0.05) is 33.0 Å². The molecular formula is C33H48N6O4S2Si2. The Balaban J connectivity index is 1.59. The lowest BCUT2D eigenvalue weighted by atomic mass is 10.2. The predicted molar refractivity (Wildman–Crippen MR) is 198 cm³/mol. The summed E-state index contributed by atoms with van der Waals surface area (Å²) in [5.41, 5.74) is 1.87. The fourth-order valence-corrected chi connectivity index (χ4v) is 8.89. The Morgan fingerprint density at radius 1 is 1.09 bits per heavy atom. The number of nitrogens with zero attached hydrogens (tertiary/aromatic N) is 6. The van der Waals surface area contributed by atoms with Gasteiger partial charge in [0.25, 0.3) is 0 Å². The van der Waals surface area contributed by atoms with E-state index in [4.69, 9.17) is 9.73 Å². The molecule has 0 atom stereocenters. The largest absolute Gasteiger partial charge is 0.476 e. The normalized spacial score (nSPS) is 13.0. The predicted octanol–water partition coefficient (Wildman–Crippen LogP) is 8.43. The summed E-state index contributed by atoms with van der Waals surface area (Å²) in [6.45, 7) is 21.4. The van der Waals surface area contributed by atoms with E-state index in [1.807, 2.05) is 30.0 Å². The van der Waals surface area contributed by atoms with Crippen molar-refractivity contribution in [2.24, 2.45) is 4.99 Å². The number of benzene rings is 1. The highest BCUT2D eigenvalue weighted by molar-refractivity contribution is 7.16. The first-order valence-corrected chi connectivity index (χ1v) is 24.4. The van der Waals surface area contributed by atoms with Crippen LogP contribution in [0.3, 0.4) is 0 Å². The van der Waals surface area contributed by atoms with Gasteiger partial charge in [-0.2, -0.15) is 4.99 Å². The summed E-state index contributed by atoms with van der Waals surface area (Å²) in [5, 5.41) is 21.0. The Kier molecular flexibility index (Phi) is 11.8. The van der Waals surface area contributed by atoms with E-state index in [9.17, 15) is 14.7 Å². The number of fused-ring (bicyclic) bond motifs is 1. The SMILES string of the molecule is Cc1cc(N(CCCCC(=O)[Si](C)(C)C(C)(C)C)c2nc(C(=O)O)cs2)nnc1N=c1sc2ccccc2n1COCC[Si](C)(C)C. The quantitative estimate of drug-likeness (QED) is 0.0963. The molecule has 0 spiro atoms. The molecule has 0 amide bonds. The van der Waals surface area contributed by atoms with Crippen LogP contribution in [0.1, 0.15) is 56.1 Å². The number of aryl methyl sites for hydroxylation is 1. The highest BCUT2D eigenvalue weighted by Crippen LogP contribution is 2.37. The van der Waals surface area contributed by atoms with Gasteiger partial charge in [0.1, 0.15) is 20.2 Å². The molecule has 10 nitrogen and oxygen atoms in total. The van der Waals surface area contributed by atoms with E-state index in [-0.39, 0.29) is 10.7 Å². The molecule has 14 heteroatoms. The minimum absolute atomic E-state index is 0.0000557. The second-order valence-corrected chi connectivity index (χ2v) is 27.5. The molecule has 47 heavy (non-hydrogen) atoms. The molecule has 0 aliphatic rings. The van der Waals surface area contributed by atoms with Crippen LogP contribution in [0.25, 0.3) is 10.2 Å². The minimum atomic E-state index is -2.07. The van der Waals surface area contributed by atoms with Gasteiger partial charge in [-0.3, -0.25) is 4.57 Å². The van der Waals surface area contributed by atoms with Gasteiger partial charge >= 0.3 is 5.97 Å². The van der Waals surface area contributed by atoms with E-state index >= 15 is 0 Å². The van der Waals surface area contributed by atoms with Crippen molar-refractivity contribution in [1.82, 2.24) is 19.7 Å². The number of rotatable bonds is 15. The van der Waals surface area contributed by atoms with Crippen LogP contribution in [0.15, 0.2) is 40.7 Å². The van der Waals surface area contributed by atoms with Gasteiger partial charge in [0.2, 0.25) is 0 Å². The van der Waals surface area contributed by atoms with Gasteiger partial charge in [-0.25, -0.2) is 9.78 Å². The van der Waals surface area contributed by atoms with Crippen molar-refractivity contribution in [3.05, 3.63) is 51.8 Å². The maximum atomic E-state index is 13.1. The molecule has 0 bridgehead atoms. The van der Waals surface area contributed by atoms with Crippen molar-refractivity contribution >= 4 is 77.2 Å². The number of carboxylic acids is 1. The molecular weight excluding hydrogens is 665 g/mol. The topological polar surface area (TPSA) is 123 Å². The van der Waals surface area contributed by atoms with Crippen LogP contribution in [0, 0.1) is 6.92 Å². The number of carboxylic acid groups (broad SMARTS) is 1. The Bertz CT molecular complexity index is 1790. The van der Waals surface area contributed by atoms with Gasteiger partial charge in [0.15, 0.2) is 27.3 Å². The van der Waals surface area contributed by atoms with E-state index in [2.05, 4.69) is 85.4 Å². The lowest BCUT2D eigenvalue weighted by Gasteiger charge is -2.35. The Hall–Kier alpha value is -3.05. The number of para-hydroxylation sites is 1. The Morgan fingerprint density at radius 3 is 2.45 bits per heavy atom. The summed E-state index contributed by atoms with van der Waals surface area (Å²) in [6, 6.07) is 11.2. The second kappa shape index (κ2) is 15.0. The number of carbonyl (C=O) groups excluding carboxylic acids is 1. The maximum absolute atomic E-state index is 13.1. The number of aromatic nitrogens is 4. The summed E-state index contributed by atoms with van der Waals surface area (Å²) in [5.74, 6) is -0.0197. The van der Waals surface area contributed by atoms with Crippen LogP contribution in [-0.4, -0.2) is 65.5 Å². The minimum Gasteiger partial charge on any atom is -0.476 e. The van der Waals surface area contributed by atoms with Crippen molar-refractivity contribution in [3.8, 4) is 0 Å². The molecule has 3 heterocycles. The number of thiazole rings is 2. The summed E-state index contributed by atoms with van der Waals surface area (Å²) in [4.78, 5) is 36.7. The van der Waals surface area contributed by atoms with Crippen molar-refractivity contribution in [2.45, 2.75) is 97.5 Å². The molecule has 1 aromatic carbocycles. The van der Waals surface area contributed by atoms with Gasteiger partial charge in [0.05, 0.1) is 10.2 Å². The molecule has 0 saturated carbocycles. The fourth-order valence-electron chi connectivity index (χ4n) is 4.64. The summed E-state index contributed by atoms with van der Waals surface area (Å²) < 4.78 is 9.31. The summed E-state index contributed by atoms with van der Waals surface area (Å²) in [6.07, 6.45) is 1.97. The number of carbonyl (C=O) groups is 2. The van der Waals surface area contributed by atoms with Gasteiger partial charge in [-0.05, 0) is 54.6 Å². The van der Waals surface area contributed by atoms with Crippen molar-refractivity contribution < 1.29 is 19.4 Å². The second-order valence-electron chi connectivity index (χ2n) is 14.7. The van der Waals surface area contributed by atoms with Gasteiger partial charge in [-0.15, -0.1) is 21.5 Å². The Morgan fingerprint density at radius 2 is 1.81 bits per heavy atom. The monoisotopic (exact) mass is 712 g/mol. The lowest BCUT2D eigenvalue weighted by Crippen LogP contribution is -2.46. The zero-order valence-corrected chi connectivity index (χ0v) is 32.7. The lowest BCUT2D eigenvalue weighted by molar-refractivity contribution is -0.113. The number of ether oxygens (including phenoxy) is 1. The first-order chi connectivity index (χ1) is 22.0. The molecule has 0 aliphatic carbocycles. The van der Waals surface area contributed by atoms with Gasteiger partial charge < -0.3 is 19.5 Å². The third-order valence-corrected chi connectivity index (χ3v) is 17.8. The third-order valence-electron chi connectivity index (χ3n) is 8.78. The first-order valence-electron chi connectivity index (χ1n) is 16.0. The summed E-state index contributed by atoms with van der Waals surface area (Å²) in [7, 11) is -3.28. The third kappa shape index (κ3) is 9.31. The first kappa shape index (κ1) is 36.8. The average molecular weight is 713 g/mol. The molecule has 4 aromatic rings. The number of anilines is 2. The number of aromatic carboxylic acids is 1. The fraction of sp³-hybridized carbons (Fsp3) is 0.515. The summed E-state index contributed by atoms with van der Waals surface area (Å²) >= 11 is 2.83. The average Bonchev–Trinajstić information content (AvgIpc) is 3.60. The number of hydrogen-bond donors (Lipinski definition) is 1. The van der Waals surface area contributed by atoms with Crippen LogP contribution >= 0.6 is 22.7 Å². The molecule has 1 N–H and O–H groups in total. The zero-order chi connectivity index (χ0) is 34.6. The van der Waals surface area contributed by atoms with E-state index in [1.165, 1.54) is 16.7 Å². The standard InChI is InChI=1S/C33H48N6O4S2Si2/c1-23-20-27(38(31-34-24(21-44-31)30(41)42)17-13-12-16-28(40)47(8,9)33(2,3)4)36-37-29(23)35-32-39(22-43-18-19-46(5,6)7)25-14-10-11-15-26(25)45-32/h10-11,14-15,20-21H,12-13,16-19,22H2,1-9H3,(H,41,42). The molecule has 4 rings (SSSR count). The maximum Gasteiger partial charge on any atom is 0.355 e. The molecule has 0 unspecified atom stereocenters. The zero-order valence-electron chi connectivity index (χ0n) is 29.1. The van der Waals surface area contributed by atoms with E-state index in [0.29, 0.717) is 54.9 Å². The van der Waals surface area contributed by atoms with Crippen LogP contribution < -0.4 is 9.70 Å². The molecule has 3 aromatic heterocycles. The van der Waals surface area contributed by atoms with E-state index in [0.717, 1.165) is 33.0 Å². The number of hydrogen-bond acceptors (Lipinski definition) is 10. The van der Waals surface area contributed by atoms with E-state index in [1.54, 1.807) is 11.3 Å². The van der Waals surface area contributed by atoms with E-state index < -0.39 is 22.1 Å².